The first kappa shape index (κ1) is 22.7. The van der Waals surface area contributed by atoms with Crippen molar-refractivity contribution in [3.8, 4) is 0 Å². The van der Waals surface area contributed by atoms with E-state index >= 15 is 0 Å². The Kier molecular flexibility index (Phi) is 7.26. The molecule has 0 bridgehead atoms. The van der Waals surface area contributed by atoms with Crippen LogP contribution in [0.25, 0.3) is 0 Å². The van der Waals surface area contributed by atoms with Gasteiger partial charge in [0.2, 0.25) is 0 Å². The Bertz CT molecular complexity index is 930. The van der Waals surface area contributed by atoms with E-state index in [1.807, 2.05) is 6.92 Å². The van der Waals surface area contributed by atoms with Crippen molar-refractivity contribution in [2.75, 3.05) is 11.9 Å². The molecule has 1 aromatic heterocycles. The molecule has 0 radical (unpaired) electrons. The average Bonchev–Trinajstić information content (AvgIpc) is 3.06. The van der Waals surface area contributed by atoms with Crippen molar-refractivity contribution in [1.82, 2.24) is 5.32 Å². The molecule has 2 aromatic rings. The Labute approximate surface area is 173 Å². The van der Waals surface area contributed by atoms with E-state index in [4.69, 9.17) is 16.3 Å². The molecule has 156 valence electrons. The van der Waals surface area contributed by atoms with Gasteiger partial charge in [0.25, 0.3) is 11.8 Å². The first-order valence-corrected chi connectivity index (χ1v) is 9.38. The van der Waals surface area contributed by atoms with Gasteiger partial charge >= 0.3 is 12.1 Å². The maximum Gasteiger partial charge on any atom is 0.418 e. The summed E-state index contributed by atoms with van der Waals surface area (Å²) in [6.07, 6.45) is -6.13. The SMILES string of the molecule is Cc1ccc(C(=O)NCC(=O)OC(C)C(=O)Nc2ccc(Cl)cc2C(F)(F)F)s1. The number of nitrogens with one attached hydrogen (secondary N) is 2. The van der Waals surface area contributed by atoms with Gasteiger partial charge in [0, 0.05) is 9.90 Å². The van der Waals surface area contributed by atoms with E-state index in [2.05, 4.69) is 10.6 Å². The molecule has 0 fully saturated rings. The summed E-state index contributed by atoms with van der Waals surface area (Å²) >= 11 is 6.82. The van der Waals surface area contributed by atoms with Gasteiger partial charge in [0.05, 0.1) is 16.1 Å². The molecule has 0 aliphatic carbocycles. The number of thiophene rings is 1. The molecular formula is C18H16ClF3N2O4S. The highest BCUT2D eigenvalue weighted by molar-refractivity contribution is 7.13. The van der Waals surface area contributed by atoms with Crippen molar-refractivity contribution in [2.45, 2.75) is 26.1 Å². The fraction of sp³-hybridized carbons (Fsp3) is 0.278. The summed E-state index contributed by atoms with van der Waals surface area (Å²) < 4.78 is 44.1. The molecule has 0 saturated heterocycles. The summed E-state index contributed by atoms with van der Waals surface area (Å²) in [5, 5.41) is 4.26. The molecule has 1 aromatic carbocycles. The van der Waals surface area contributed by atoms with Gasteiger partial charge in [-0.2, -0.15) is 13.2 Å². The van der Waals surface area contributed by atoms with Crippen molar-refractivity contribution < 1.29 is 32.3 Å². The zero-order valence-corrected chi connectivity index (χ0v) is 16.8. The van der Waals surface area contributed by atoms with Gasteiger partial charge in [-0.1, -0.05) is 11.6 Å². The Morgan fingerprint density at radius 2 is 1.90 bits per heavy atom. The third kappa shape index (κ3) is 6.47. The van der Waals surface area contributed by atoms with E-state index in [0.717, 1.165) is 10.9 Å². The number of carbonyl (C=O) groups is 3. The second-order valence-corrected chi connectivity index (χ2v) is 7.63. The number of aryl methyl sites for hydroxylation is 1. The summed E-state index contributed by atoms with van der Waals surface area (Å²) in [5.41, 5.74) is -1.65. The topological polar surface area (TPSA) is 84.5 Å². The van der Waals surface area contributed by atoms with E-state index in [9.17, 15) is 27.6 Å². The largest absolute Gasteiger partial charge is 0.451 e. The number of anilines is 1. The molecule has 2 amide bonds. The zero-order valence-electron chi connectivity index (χ0n) is 15.2. The van der Waals surface area contributed by atoms with Gasteiger partial charge < -0.3 is 15.4 Å². The first-order valence-electron chi connectivity index (χ1n) is 8.19. The van der Waals surface area contributed by atoms with Gasteiger partial charge in [-0.25, -0.2) is 0 Å². The number of alkyl halides is 3. The van der Waals surface area contributed by atoms with Crippen molar-refractivity contribution in [2.24, 2.45) is 0 Å². The molecule has 29 heavy (non-hydrogen) atoms. The van der Waals surface area contributed by atoms with Crippen LogP contribution in [0.5, 0.6) is 0 Å². The number of ether oxygens (including phenoxy) is 1. The quantitative estimate of drug-likeness (QED) is 0.653. The Morgan fingerprint density at radius 3 is 2.48 bits per heavy atom. The standard InChI is InChI=1S/C18H16ClF3N2O4S/c1-9-3-6-14(29-9)17(27)23-8-15(25)28-10(2)16(26)24-13-5-4-11(19)7-12(13)18(20,21)22/h3-7,10H,8H2,1-2H3,(H,23,27)(H,24,26). The first-order chi connectivity index (χ1) is 13.5. The molecule has 11 heteroatoms. The predicted molar refractivity (Wildman–Crippen MR) is 102 cm³/mol. The monoisotopic (exact) mass is 448 g/mol. The van der Waals surface area contributed by atoms with E-state index in [-0.39, 0.29) is 5.02 Å². The molecule has 1 heterocycles. The number of halogens is 4. The maximum atomic E-state index is 13.1. The number of hydrogen-bond acceptors (Lipinski definition) is 5. The van der Waals surface area contributed by atoms with Gasteiger partial charge in [0.1, 0.15) is 6.54 Å². The molecule has 0 spiro atoms. The molecule has 2 N–H and O–H groups in total. The number of rotatable bonds is 6. The Balaban J connectivity index is 1.92. The predicted octanol–water partition coefficient (Wildman–Crippen LogP) is 4.03. The third-order valence-corrected chi connectivity index (χ3v) is 4.81. The number of benzene rings is 1. The van der Waals surface area contributed by atoms with Crippen LogP contribution < -0.4 is 10.6 Å². The van der Waals surface area contributed by atoms with Crippen LogP contribution in [0.3, 0.4) is 0 Å². The van der Waals surface area contributed by atoms with Crippen LogP contribution in [0.1, 0.15) is 27.0 Å². The van der Waals surface area contributed by atoms with E-state index in [1.54, 1.807) is 12.1 Å². The molecule has 2 rings (SSSR count). The van der Waals surface area contributed by atoms with Crippen LogP contribution in [0, 0.1) is 6.92 Å². The lowest BCUT2D eigenvalue weighted by molar-refractivity contribution is -0.152. The van der Waals surface area contributed by atoms with E-state index in [1.165, 1.54) is 24.3 Å². The molecule has 1 atom stereocenters. The van der Waals surface area contributed by atoms with Crippen molar-refractivity contribution in [1.29, 1.82) is 0 Å². The lowest BCUT2D eigenvalue weighted by atomic mass is 10.1. The third-order valence-electron chi connectivity index (χ3n) is 3.58. The lowest BCUT2D eigenvalue weighted by Crippen LogP contribution is -2.35. The van der Waals surface area contributed by atoms with Crippen molar-refractivity contribution in [3.05, 3.63) is 50.7 Å². The number of carbonyl (C=O) groups excluding carboxylic acids is 3. The molecule has 0 aliphatic heterocycles. The highest BCUT2D eigenvalue weighted by Crippen LogP contribution is 2.36. The fourth-order valence-electron chi connectivity index (χ4n) is 2.18. The molecule has 6 nitrogen and oxygen atoms in total. The van der Waals surface area contributed by atoms with Crippen LogP contribution in [-0.2, 0) is 20.5 Å². The summed E-state index contributed by atoms with van der Waals surface area (Å²) in [6.45, 7) is 2.52. The van der Waals surface area contributed by atoms with Gasteiger partial charge in [-0.15, -0.1) is 11.3 Å². The van der Waals surface area contributed by atoms with Crippen LogP contribution >= 0.6 is 22.9 Å². The van der Waals surface area contributed by atoms with E-state index in [0.29, 0.717) is 10.9 Å². The Morgan fingerprint density at radius 1 is 1.21 bits per heavy atom. The molecular weight excluding hydrogens is 433 g/mol. The van der Waals surface area contributed by atoms with Gasteiger partial charge in [-0.3, -0.25) is 14.4 Å². The normalized spacial score (nSPS) is 12.2. The zero-order chi connectivity index (χ0) is 21.8. The second kappa shape index (κ2) is 9.27. The highest BCUT2D eigenvalue weighted by atomic mass is 35.5. The summed E-state index contributed by atoms with van der Waals surface area (Å²) in [7, 11) is 0. The van der Waals surface area contributed by atoms with Crippen LogP contribution in [0.2, 0.25) is 5.02 Å². The Hall–Kier alpha value is -2.59. The fourth-order valence-corrected chi connectivity index (χ4v) is 3.14. The molecule has 0 saturated carbocycles. The van der Waals surface area contributed by atoms with Crippen molar-refractivity contribution in [3.63, 3.8) is 0 Å². The molecule has 0 aliphatic rings. The number of amides is 2. The minimum Gasteiger partial charge on any atom is -0.451 e. The summed E-state index contributed by atoms with van der Waals surface area (Å²) in [6, 6.07) is 6.21. The smallest absolute Gasteiger partial charge is 0.418 e. The molecule has 1 unspecified atom stereocenters. The van der Waals surface area contributed by atoms with Crippen LogP contribution in [0.15, 0.2) is 30.3 Å². The van der Waals surface area contributed by atoms with Crippen LogP contribution in [-0.4, -0.2) is 30.4 Å². The minimum absolute atomic E-state index is 0.147. The van der Waals surface area contributed by atoms with E-state index < -0.39 is 47.9 Å². The average molecular weight is 449 g/mol. The summed E-state index contributed by atoms with van der Waals surface area (Å²) in [4.78, 5) is 37.1. The second-order valence-electron chi connectivity index (χ2n) is 5.90. The minimum atomic E-state index is -4.74. The van der Waals surface area contributed by atoms with Crippen molar-refractivity contribution >= 4 is 46.4 Å². The van der Waals surface area contributed by atoms with Crippen LogP contribution in [0.4, 0.5) is 18.9 Å². The van der Waals surface area contributed by atoms with Gasteiger partial charge in [-0.05, 0) is 44.2 Å². The lowest BCUT2D eigenvalue weighted by Gasteiger charge is -2.17. The number of esters is 1. The van der Waals surface area contributed by atoms with Gasteiger partial charge in [0.15, 0.2) is 6.10 Å². The number of hydrogen-bond donors (Lipinski definition) is 2. The highest BCUT2D eigenvalue weighted by Gasteiger charge is 2.34. The summed E-state index contributed by atoms with van der Waals surface area (Å²) in [5.74, 6) is -2.36. The maximum absolute atomic E-state index is 13.1.